The molecule has 6 rings (SSSR count). The van der Waals surface area contributed by atoms with E-state index in [2.05, 4.69) is 30.9 Å². The lowest BCUT2D eigenvalue weighted by atomic mass is 10.0. The molecule has 194 valence electrons. The topological polar surface area (TPSA) is 119 Å². The van der Waals surface area contributed by atoms with Crippen molar-refractivity contribution >= 4 is 11.6 Å². The number of nitrogens with zero attached hydrogens (tertiary/aromatic N) is 10. The number of alkyl halides is 2. The van der Waals surface area contributed by atoms with Gasteiger partial charge in [0.15, 0.2) is 12.0 Å². The molecule has 0 saturated heterocycles. The normalized spacial score (nSPS) is 14.3. The van der Waals surface area contributed by atoms with Crippen LogP contribution >= 0.6 is 11.6 Å². The van der Waals surface area contributed by atoms with Gasteiger partial charge in [-0.2, -0.15) is 28.0 Å². The van der Waals surface area contributed by atoms with Gasteiger partial charge >= 0.3 is 6.55 Å². The van der Waals surface area contributed by atoms with Crippen LogP contribution in [0.4, 0.5) is 13.2 Å². The second kappa shape index (κ2) is 9.52. The fourth-order valence-corrected chi connectivity index (χ4v) is 4.60. The Morgan fingerprint density at radius 1 is 1.08 bits per heavy atom. The molecule has 1 aliphatic rings. The molecule has 1 unspecified atom stereocenters. The fraction of sp³-hybridized carbons (Fsp3) is 0.261. The molecule has 4 heterocycles. The molecule has 1 saturated carbocycles. The molecule has 1 aromatic carbocycles. The number of halogens is 4. The van der Waals surface area contributed by atoms with E-state index in [1.165, 1.54) is 35.7 Å². The second-order valence-electron chi connectivity index (χ2n) is 8.92. The van der Waals surface area contributed by atoms with Crippen LogP contribution in [0.25, 0.3) is 28.1 Å². The number of pyridine rings is 1. The van der Waals surface area contributed by atoms with Crippen molar-refractivity contribution in [2.45, 2.75) is 31.9 Å². The van der Waals surface area contributed by atoms with Gasteiger partial charge in [0, 0.05) is 17.8 Å². The van der Waals surface area contributed by atoms with Crippen LogP contribution in [-0.4, -0.2) is 45.0 Å². The van der Waals surface area contributed by atoms with Crippen LogP contribution in [0.5, 0.6) is 0 Å². The predicted octanol–water partition coefficient (Wildman–Crippen LogP) is 3.99. The largest absolute Gasteiger partial charge is 0.618 e. The van der Waals surface area contributed by atoms with Gasteiger partial charge in [0.25, 0.3) is 0 Å². The Balaban J connectivity index is 1.39. The van der Waals surface area contributed by atoms with Crippen molar-refractivity contribution in [3.05, 3.63) is 77.1 Å². The van der Waals surface area contributed by atoms with Crippen molar-refractivity contribution in [2.24, 2.45) is 5.92 Å². The predicted molar refractivity (Wildman–Crippen MR) is 126 cm³/mol. The number of benzene rings is 1. The number of aromatic nitrogens is 10. The average molecular weight is 543 g/mol. The van der Waals surface area contributed by atoms with E-state index >= 15 is 4.39 Å². The molecule has 4 aromatic heterocycles. The van der Waals surface area contributed by atoms with Crippen LogP contribution in [0.15, 0.2) is 55.4 Å². The zero-order chi connectivity index (χ0) is 26.4. The number of hydrogen-bond acceptors (Lipinski definition) is 7. The van der Waals surface area contributed by atoms with Crippen LogP contribution in [0.1, 0.15) is 37.5 Å². The number of hydrogen-bond donors (Lipinski definition) is 0. The van der Waals surface area contributed by atoms with E-state index in [0.717, 1.165) is 12.8 Å². The van der Waals surface area contributed by atoms with Crippen molar-refractivity contribution in [3.63, 3.8) is 0 Å². The van der Waals surface area contributed by atoms with Gasteiger partial charge in [0.1, 0.15) is 12.4 Å². The lowest BCUT2D eigenvalue weighted by Crippen LogP contribution is -2.35. The molecule has 0 spiro atoms. The molecule has 1 aliphatic carbocycles. The summed E-state index contributed by atoms with van der Waals surface area (Å²) in [6.07, 6.45) is 9.48. The molecule has 38 heavy (non-hydrogen) atoms. The SMILES string of the molecule is [O-][n+]1cc(-c2c(-n3cnnn3)ccc(Cl)c2F)ccc1C(CC1CC1)n1cc(-c2cnnn2C(F)F)cn1. The van der Waals surface area contributed by atoms with Crippen LogP contribution in [0.2, 0.25) is 5.02 Å². The van der Waals surface area contributed by atoms with Crippen LogP contribution in [-0.2, 0) is 0 Å². The first-order chi connectivity index (χ1) is 18.4. The molecule has 0 N–H and O–H groups in total. The first kappa shape index (κ1) is 24.0. The smallest absolute Gasteiger partial charge is 0.335 e. The van der Waals surface area contributed by atoms with Gasteiger partial charge in [0.05, 0.1) is 39.9 Å². The van der Waals surface area contributed by atoms with Crippen LogP contribution in [0, 0.1) is 16.9 Å². The lowest BCUT2D eigenvalue weighted by molar-refractivity contribution is -0.615. The second-order valence-corrected chi connectivity index (χ2v) is 9.33. The van der Waals surface area contributed by atoms with Gasteiger partial charge in [0.2, 0.25) is 5.69 Å². The Morgan fingerprint density at radius 2 is 1.92 bits per heavy atom. The third-order valence-corrected chi connectivity index (χ3v) is 6.76. The monoisotopic (exact) mass is 542 g/mol. The minimum absolute atomic E-state index is 0.0637. The van der Waals surface area contributed by atoms with Crippen molar-refractivity contribution in [3.8, 4) is 28.1 Å². The van der Waals surface area contributed by atoms with E-state index in [9.17, 15) is 14.0 Å². The molecule has 0 amide bonds. The van der Waals surface area contributed by atoms with E-state index < -0.39 is 18.4 Å². The van der Waals surface area contributed by atoms with Gasteiger partial charge in [-0.15, -0.1) is 10.2 Å². The Morgan fingerprint density at radius 3 is 2.63 bits per heavy atom. The van der Waals surface area contributed by atoms with Crippen LogP contribution in [0.3, 0.4) is 0 Å². The molecular weight excluding hydrogens is 525 g/mol. The first-order valence-electron chi connectivity index (χ1n) is 11.6. The summed E-state index contributed by atoms with van der Waals surface area (Å²) in [5, 5.41) is 35.6. The van der Waals surface area contributed by atoms with Gasteiger partial charge in [-0.3, -0.25) is 4.68 Å². The quantitative estimate of drug-likeness (QED) is 0.215. The average Bonchev–Trinajstić information content (AvgIpc) is 3.31. The number of tetrazole rings is 1. The highest BCUT2D eigenvalue weighted by atomic mass is 35.5. The summed E-state index contributed by atoms with van der Waals surface area (Å²) >= 11 is 6.05. The van der Waals surface area contributed by atoms with Gasteiger partial charge in [-0.25, -0.2) is 4.39 Å². The molecule has 11 nitrogen and oxygen atoms in total. The fourth-order valence-electron chi connectivity index (χ4n) is 4.44. The Kier molecular flexibility index (Phi) is 6.02. The highest BCUT2D eigenvalue weighted by Crippen LogP contribution is 2.39. The zero-order valence-electron chi connectivity index (χ0n) is 19.4. The van der Waals surface area contributed by atoms with Crippen molar-refractivity contribution in [1.29, 1.82) is 0 Å². The van der Waals surface area contributed by atoms with E-state index in [0.29, 0.717) is 38.7 Å². The highest BCUT2D eigenvalue weighted by Gasteiger charge is 2.32. The maximum atomic E-state index is 15.2. The number of rotatable bonds is 8. The summed E-state index contributed by atoms with van der Waals surface area (Å²) in [4.78, 5) is 0. The zero-order valence-corrected chi connectivity index (χ0v) is 20.2. The van der Waals surface area contributed by atoms with E-state index in [1.54, 1.807) is 29.1 Å². The Labute approximate surface area is 217 Å². The van der Waals surface area contributed by atoms with E-state index in [1.807, 2.05) is 0 Å². The lowest BCUT2D eigenvalue weighted by Gasteiger charge is -2.18. The maximum absolute atomic E-state index is 15.2. The van der Waals surface area contributed by atoms with E-state index in [-0.39, 0.29) is 21.8 Å². The van der Waals surface area contributed by atoms with Crippen LogP contribution < -0.4 is 4.73 Å². The van der Waals surface area contributed by atoms with Crippen molar-refractivity contribution in [2.75, 3.05) is 0 Å². The summed E-state index contributed by atoms with van der Waals surface area (Å²) in [6.45, 7) is -2.86. The summed E-state index contributed by atoms with van der Waals surface area (Å²) in [5.41, 5.74) is 1.49. The molecule has 0 aliphatic heterocycles. The van der Waals surface area contributed by atoms with Crippen molar-refractivity contribution in [1.82, 2.24) is 45.0 Å². The molecule has 0 bridgehead atoms. The maximum Gasteiger partial charge on any atom is 0.335 e. The molecule has 5 aromatic rings. The first-order valence-corrected chi connectivity index (χ1v) is 12.0. The van der Waals surface area contributed by atoms with Gasteiger partial charge < -0.3 is 5.21 Å². The summed E-state index contributed by atoms with van der Waals surface area (Å²) in [6, 6.07) is 5.67. The van der Waals surface area contributed by atoms with Gasteiger partial charge in [-0.05, 0) is 41.0 Å². The van der Waals surface area contributed by atoms with Crippen molar-refractivity contribution < 1.29 is 17.9 Å². The third-order valence-electron chi connectivity index (χ3n) is 6.47. The minimum Gasteiger partial charge on any atom is -0.618 e. The summed E-state index contributed by atoms with van der Waals surface area (Å²) in [5.74, 6) is -0.319. The van der Waals surface area contributed by atoms with E-state index in [4.69, 9.17) is 11.6 Å². The molecular formula is C23H18ClF3N10O. The minimum atomic E-state index is -2.86. The third kappa shape index (κ3) is 4.36. The molecule has 0 radical (unpaired) electrons. The highest BCUT2D eigenvalue weighted by molar-refractivity contribution is 6.31. The summed E-state index contributed by atoms with van der Waals surface area (Å²) in [7, 11) is 0. The summed E-state index contributed by atoms with van der Waals surface area (Å²) < 4.78 is 45.8. The Bertz CT molecular complexity index is 1600. The Hall–Kier alpha value is -4.33. The molecule has 1 fully saturated rings. The molecule has 15 heteroatoms. The standard InChI is InChI=1S/C23H18ClF3N10O/c24-16-4-6-18(35-12-29-31-33-35)21(22(16)25)14-3-5-17(36(38)11-14)19(7-13-1-2-13)34-10-15(8-30-34)20-9-28-32-37(20)23(26)27/h3-6,8-13,19,23H,1-2,7H2. The molecule has 1 atom stereocenters. The van der Waals surface area contributed by atoms with Gasteiger partial charge in [-0.1, -0.05) is 29.7 Å².